The summed E-state index contributed by atoms with van der Waals surface area (Å²) in [6.45, 7) is 5.98. The SMILES string of the molecule is Cc1ccc(OCCn2c([C@H]3CC(=O)N(c4cccc(C)c4)C3)nc3ccccc32)cc1. The van der Waals surface area contributed by atoms with E-state index >= 15 is 0 Å². The summed E-state index contributed by atoms with van der Waals surface area (Å²) in [5, 5.41) is 0. The zero-order valence-electron chi connectivity index (χ0n) is 18.5. The molecule has 1 aromatic heterocycles. The van der Waals surface area contributed by atoms with Crippen molar-refractivity contribution in [3.05, 3.63) is 89.7 Å². The fraction of sp³-hybridized carbons (Fsp3) is 0.259. The summed E-state index contributed by atoms with van der Waals surface area (Å²) in [6, 6.07) is 24.4. The van der Waals surface area contributed by atoms with Gasteiger partial charge < -0.3 is 14.2 Å². The average molecular weight is 426 g/mol. The first-order chi connectivity index (χ1) is 15.6. The van der Waals surface area contributed by atoms with Crippen LogP contribution in [0.4, 0.5) is 5.69 Å². The number of fused-ring (bicyclic) bond motifs is 1. The van der Waals surface area contributed by atoms with Crippen LogP contribution in [0.5, 0.6) is 5.75 Å². The zero-order chi connectivity index (χ0) is 22.1. The van der Waals surface area contributed by atoms with Crippen LogP contribution in [0.25, 0.3) is 11.0 Å². The van der Waals surface area contributed by atoms with Gasteiger partial charge in [0.15, 0.2) is 0 Å². The highest BCUT2D eigenvalue weighted by Crippen LogP contribution is 2.33. The van der Waals surface area contributed by atoms with Gasteiger partial charge in [-0.3, -0.25) is 4.79 Å². The second kappa shape index (κ2) is 8.50. The maximum absolute atomic E-state index is 12.9. The number of hydrogen-bond donors (Lipinski definition) is 0. The number of para-hydroxylation sites is 2. The van der Waals surface area contributed by atoms with Crippen LogP contribution < -0.4 is 9.64 Å². The van der Waals surface area contributed by atoms with E-state index < -0.39 is 0 Å². The zero-order valence-corrected chi connectivity index (χ0v) is 18.5. The standard InChI is InChI=1S/C27H27N3O2/c1-19-10-12-23(13-11-19)32-15-14-29-25-9-4-3-8-24(25)28-27(29)21-17-26(31)30(18-21)22-7-5-6-20(2)16-22/h3-13,16,21H,14-15,17-18H2,1-2H3/t21-/m0/s1. The largest absolute Gasteiger partial charge is 0.492 e. The van der Waals surface area contributed by atoms with Crippen molar-refractivity contribution in [3.8, 4) is 5.75 Å². The number of aromatic nitrogens is 2. The van der Waals surface area contributed by atoms with E-state index in [2.05, 4.69) is 48.7 Å². The number of nitrogens with zero attached hydrogens (tertiary/aromatic N) is 3. The molecule has 0 N–H and O–H groups in total. The van der Waals surface area contributed by atoms with Gasteiger partial charge in [-0.05, 0) is 55.8 Å². The van der Waals surface area contributed by atoms with Gasteiger partial charge in [-0.2, -0.15) is 0 Å². The molecular formula is C27H27N3O2. The monoisotopic (exact) mass is 425 g/mol. The summed E-state index contributed by atoms with van der Waals surface area (Å²) in [6.07, 6.45) is 0.468. The predicted molar refractivity (Wildman–Crippen MR) is 127 cm³/mol. The molecule has 0 unspecified atom stereocenters. The molecule has 162 valence electrons. The van der Waals surface area contributed by atoms with Crippen molar-refractivity contribution in [2.45, 2.75) is 32.7 Å². The van der Waals surface area contributed by atoms with Crippen LogP contribution in [-0.4, -0.2) is 28.6 Å². The van der Waals surface area contributed by atoms with Crippen molar-refractivity contribution in [2.24, 2.45) is 0 Å². The Morgan fingerprint density at radius 2 is 1.78 bits per heavy atom. The molecule has 32 heavy (non-hydrogen) atoms. The molecule has 4 aromatic rings. The van der Waals surface area contributed by atoms with E-state index in [1.807, 2.05) is 47.4 Å². The van der Waals surface area contributed by atoms with Gasteiger partial charge in [0.25, 0.3) is 0 Å². The molecule has 1 fully saturated rings. The van der Waals surface area contributed by atoms with Crippen LogP contribution in [0.1, 0.15) is 29.3 Å². The first kappa shape index (κ1) is 20.3. The molecule has 0 spiro atoms. The van der Waals surface area contributed by atoms with Gasteiger partial charge in [-0.15, -0.1) is 0 Å². The highest BCUT2D eigenvalue weighted by atomic mass is 16.5. The van der Waals surface area contributed by atoms with Gasteiger partial charge in [0.2, 0.25) is 5.91 Å². The number of imidazole rings is 1. The highest BCUT2D eigenvalue weighted by Gasteiger charge is 2.34. The van der Waals surface area contributed by atoms with Crippen LogP contribution in [0, 0.1) is 13.8 Å². The molecule has 1 aliphatic rings. The topological polar surface area (TPSA) is 47.4 Å². The van der Waals surface area contributed by atoms with Crippen LogP contribution in [-0.2, 0) is 11.3 Å². The number of anilines is 1. The van der Waals surface area contributed by atoms with Crippen molar-refractivity contribution < 1.29 is 9.53 Å². The van der Waals surface area contributed by atoms with E-state index in [0.717, 1.165) is 33.9 Å². The van der Waals surface area contributed by atoms with Crippen molar-refractivity contribution in [3.63, 3.8) is 0 Å². The van der Waals surface area contributed by atoms with E-state index in [-0.39, 0.29) is 11.8 Å². The van der Waals surface area contributed by atoms with Gasteiger partial charge >= 0.3 is 0 Å². The minimum atomic E-state index is 0.0507. The lowest BCUT2D eigenvalue weighted by Crippen LogP contribution is -2.24. The normalized spacial score (nSPS) is 16.1. The predicted octanol–water partition coefficient (Wildman–Crippen LogP) is 5.25. The van der Waals surface area contributed by atoms with E-state index in [0.29, 0.717) is 26.1 Å². The Morgan fingerprint density at radius 1 is 0.969 bits per heavy atom. The molecule has 5 rings (SSSR count). The molecule has 1 atom stereocenters. The fourth-order valence-electron chi connectivity index (χ4n) is 4.46. The molecule has 0 radical (unpaired) electrons. The molecular weight excluding hydrogens is 398 g/mol. The lowest BCUT2D eigenvalue weighted by molar-refractivity contribution is -0.117. The van der Waals surface area contributed by atoms with Crippen LogP contribution in [0.2, 0.25) is 0 Å². The third-order valence-electron chi connectivity index (χ3n) is 6.09. The molecule has 5 nitrogen and oxygen atoms in total. The Kier molecular flexibility index (Phi) is 5.39. The summed E-state index contributed by atoms with van der Waals surface area (Å²) in [5.74, 6) is 2.02. The summed E-state index contributed by atoms with van der Waals surface area (Å²) in [4.78, 5) is 19.7. The number of aryl methyl sites for hydroxylation is 2. The summed E-state index contributed by atoms with van der Waals surface area (Å²) >= 11 is 0. The number of amides is 1. The molecule has 3 aromatic carbocycles. The van der Waals surface area contributed by atoms with E-state index in [9.17, 15) is 4.79 Å². The Morgan fingerprint density at radius 3 is 2.59 bits per heavy atom. The van der Waals surface area contributed by atoms with Gasteiger partial charge in [0.05, 0.1) is 17.6 Å². The smallest absolute Gasteiger partial charge is 0.227 e. The minimum absolute atomic E-state index is 0.0507. The Bertz CT molecular complexity index is 1260. The van der Waals surface area contributed by atoms with Crippen molar-refractivity contribution in [1.82, 2.24) is 9.55 Å². The number of rotatable bonds is 6. The first-order valence-electron chi connectivity index (χ1n) is 11.1. The number of carbonyl (C=O) groups excluding carboxylic acids is 1. The Balaban J connectivity index is 1.40. The molecule has 5 heteroatoms. The van der Waals surface area contributed by atoms with Crippen molar-refractivity contribution in [2.75, 3.05) is 18.1 Å². The number of carbonyl (C=O) groups is 1. The molecule has 0 aliphatic carbocycles. The van der Waals surface area contributed by atoms with Crippen molar-refractivity contribution in [1.29, 1.82) is 0 Å². The average Bonchev–Trinajstić information content (AvgIpc) is 3.36. The molecule has 1 aliphatic heterocycles. The third kappa shape index (κ3) is 3.98. The summed E-state index contributed by atoms with van der Waals surface area (Å²) < 4.78 is 8.22. The van der Waals surface area contributed by atoms with Crippen molar-refractivity contribution >= 4 is 22.6 Å². The second-order valence-electron chi connectivity index (χ2n) is 8.52. The fourth-order valence-corrected chi connectivity index (χ4v) is 4.46. The van der Waals surface area contributed by atoms with E-state index in [4.69, 9.17) is 9.72 Å². The van der Waals surface area contributed by atoms with Crippen LogP contribution in [0.3, 0.4) is 0 Å². The quantitative estimate of drug-likeness (QED) is 0.424. The minimum Gasteiger partial charge on any atom is -0.492 e. The highest BCUT2D eigenvalue weighted by molar-refractivity contribution is 5.96. The Labute approximate surface area is 188 Å². The summed E-state index contributed by atoms with van der Waals surface area (Å²) in [5.41, 5.74) is 5.36. The summed E-state index contributed by atoms with van der Waals surface area (Å²) in [7, 11) is 0. The van der Waals surface area contributed by atoms with Gasteiger partial charge in [-0.1, -0.05) is 42.0 Å². The second-order valence-corrected chi connectivity index (χ2v) is 8.52. The van der Waals surface area contributed by atoms with Gasteiger partial charge in [0, 0.05) is 24.6 Å². The molecule has 1 saturated heterocycles. The molecule has 2 heterocycles. The maximum Gasteiger partial charge on any atom is 0.227 e. The number of hydrogen-bond acceptors (Lipinski definition) is 3. The van der Waals surface area contributed by atoms with Crippen LogP contribution >= 0.6 is 0 Å². The van der Waals surface area contributed by atoms with Gasteiger partial charge in [-0.25, -0.2) is 4.98 Å². The number of ether oxygens (including phenoxy) is 1. The Hall–Kier alpha value is -3.60. The maximum atomic E-state index is 12.9. The molecule has 0 saturated carbocycles. The first-order valence-corrected chi connectivity index (χ1v) is 11.1. The molecule has 1 amide bonds. The lowest BCUT2D eigenvalue weighted by Gasteiger charge is -2.18. The third-order valence-corrected chi connectivity index (χ3v) is 6.09. The number of benzene rings is 3. The van der Waals surface area contributed by atoms with Crippen LogP contribution in [0.15, 0.2) is 72.8 Å². The van der Waals surface area contributed by atoms with E-state index in [1.54, 1.807) is 0 Å². The lowest BCUT2D eigenvalue weighted by atomic mass is 10.1. The van der Waals surface area contributed by atoms with E-state index in [1.165, 1.54) is 5.56 Å². The van der Waals surface area contributed by atoms with Gasteiger partial charge in [0.1, 0.15) is 18.2 Å². The molecule has 0 bridgehead atoms.